The van der Waals surface area contributed by atoms with Gasteiger partial charge in [0.1, 0.15) is 0 Å². The average molecular weight is 312 g/mol. The lowest BCUT2D eigenvalue weighted by Gasteiger charge is -2.37. The Labute approximate surface area is 127 Å². The number of anilines is 2. The molecule has 1 aliphatic rings. The molecule has 21 heavy (non-hydrogen) atoms. The van der Waals surface area contributed by atoms with Crippen LogP contribution >= 0.6 is 0 Å². The second-order valence-corrected chi connectivity index (χ2v) is 7.00. The van der Waals surface area contributed by atoms with E-state index in [0.717, 1.165) is 11.4 Å². The second kappa shape index (κ2) is 6.64. The molecule has 1 aromatic rings. The summed E-state index contributed by atoms with van der Waals surface area (Å²) in [7, 11) is -3.32. The molecule has 2 rings (SSSR count). The van der Waals surface area contributed by atoms with Crippen LogP contribution in [0.25, 0.3) is 0 Å². The van der Waals surface area contributed by atoms with Gasteiger partial charge in [0.15, 0.2) is 0 Å². The van der Waals surface area contributed by atoms with E-state index in [0.29, 0.717) is 39.3 Å². The number of hydrogen-bond donors (Lipinski definition) is 1. The molecule has 0 saturated carbocycles. The SMILES string of the molecule is CCN(CC)S(=O)(=O)N1CCN(c2ccc(N)cc2)CC1. The molecule has 7 heteroatoms. The van der Waals surface area contributed by atoms with Gasteiger partial charge in [0.05, 0.1) is 0 Å². The molecule has 6 nitrogen and oxygen atoms in total. The largest absolute Gasteiger partial charge is 0.399 e. The Kier molecular flexibility index (Phi) is 5.08. The third-order valence-corrected chi connectivity index (χ3v) is 6.04. The molecule has 1 fully saturated rings. The van der Waals surface area contributed by atoms with Gasteiger partial charge in [-0.15, -0.1) is 0 Å². The zero-order chi connectivity index (χ0) is 15.5. The van der Waals surface area contributed by atoms with Crippen LogP contribution in [-0.4, -0.2) is 56.3 Å². The molecule has 0 amide bonds. The van der Waals surface area contributed by atoms with Crippen molar-refractivity contribution in [3.63, 3.8) is 0 Å². The molecule has 0 bridgehead atoms. The van der Waals surface area contributed by atoms with E-state index < -0.39 is 10.2 Å². The van der Waals surface area contributed by atoms with Crippen molar-refractivity contribution in [3.8, 4) is 0 Å². The fraction of sp³-hybridized carbons (Fsp3) is 0.571. The summed E-state index contributed by atoms with van der Waals surface area (Å²) < 4.78 is 28.0. The molecule has 1 aliphatic heterocycles. The molecular formula is C14H24N4O2S. The fourth-order valence-electron chi connectivity index (χ4n) is 2.58. The van der Waals surface area contributed by atoms with Crippen LogP contribution in [0.3, 0.4) is 0 Å². The maximum atomic E-state index is 12.5. The first-order valence-electron chi connectivity index (χ1n) is 7.34. The standard InChI is InChI=1S/C14H24N4O2S/c1-3-17(4-2)21(19,20)18-11-9-16(10-12-18)14-7-5-13(15)6-8-14/h5-8H,3-4,9-12,15H2,1-2H3. The lowest BCUT2D eigenvalue weighted by atomic mass is 10.2. The van der Waals surface area contributed by atoms with Crippen LogP contribution in [0.2, 0.25) is 0 Å². The van der Waals surface area contributed by atoms with E-state index in [9.17, 15) is 8.42 Å². The summed E-state index contributed by atoms with van der Waals surface area (Å²) in [5.41, 5.74) is 7.51. The van der Waals surface area contributed by atoms with Crippen LogP contribution in [-0.2, 0) is 10.2 Å². The van der Waals surface area contributed by atoms with Crippen molar-refractivity contribution < 1.29 is 8.42 Å². The van der Waals surface area contributed by atoms with Gasteiger partial charge in [-0.2, -0.15) is 17.0 Å². The zero-order valence-electron chi connectivity index (χ0n) is 12.7. The topological polar surface area (TPSA) is 69.9 Å². The number of nitrogens with two attached hydrogens (primary N) is 1. The second-order valence-electron chi connectivity index (χ2n) is 5.07. The van der Waals surface area contributed by atoms with Gasteiger partial charge >= 0.3 is 0 Å². The quantitative estimate of drug-likeness (QED) is 0.823. The molecular weight excluding hydrogens is 288 g/mol. The van der Waals surface area contributed by atoms with Gasteiger partial charge in [0, 0.05) is 50.6 Å². The fourth-order valence-corrected chi connectivity index (χ4v) is 4.18. The number of nitrogens with zero attached hydrogens (tertiary/aromatic N) is 3. The van der Waals surface area contributed by atoms with E-state index in [1.165, 1.54) is 4.31 Å². The Balaban J connectivity index is 2.01. The molecule has 0 atom stereocenters. The first-order valence-corrected chi connectivity index (χ1v) is 8.74. The van der Waals surface area contributed by atoms with Gasteiger partial charge in [0.2, 0.25) is 0 Å². The highest BCUT2D eigenvalue weighted by Gasteiger charge is 2.30. The van der Waals surface area contributed by atoms with Gasteiger partial charge in [-0.25, -0.2) is 0 Å². The normalized spacial score (nSPS) is 17.4. The van der Waals surface area contributed by atoms with Crippen molar-refractivity contribution in [3.05, 3.63) is 24.3 Å². The van der Waals surface area contributed by atoms with Gasteiger partial charge in [0.25, 0.3) is 10.2 Å². The minimum absolute atomic E-state index is 0.511. The van der Waals surface area contributed by atoms with Crippen LogP contribution in [0, 0.1) is 0 Å². The van der Waals surface area contributed by atoms with Gasteiger partial charge in [-0.1, -0.05) is 13.8 Å². The van der Waals surface area contributed by atoms with Crippen molar-refractivity contribution in [2.45, 2.75) is 13.8 Å². The summed E-state index contributed by atoms with van der Waals surface area (Å²) in [5.74, 6) is 0. The molecule has 0 unspecified atom stereocenters. The van der Waals surface area contributed by atoms with Crippen LogP contribution in [0.1, 0.15) is 13.8 Å². The maximum Gasteiger partial charge on any atom is 0.282 e. The van der Waals surface area contributed by atoms with Crippen LogP contribution in [0.5, 0.6) is 0 Å². The highest BCUT2D eigenvalue weighted by Crippen LogP contribution is 2.20. The van der Waals surface area contributed by atoms with Crippen molar-refractivity contribution in [2.75, 3.05) is 49.9 Å². The molecule has 0 aromatic heterocycles. The summed E-state index contributed by atoms with van der Waals surface area (Å²) in [6, 6.07) is 7.69. The third kappa shape index (κ3) is 3.48. The van der Waals surface area contributed by atoms with Crippen molar-refractivity contribution in [2.24, 2.45) is 0 Å². The summed E-state index contributed by atoms with van der Waals surface area (Å²) in [5, 5.41) is 0. The molecule has 2 N–H and O–H groups in total. The molecule has 1 saturated heterocycles. The number of nitrogen functional groups attached to an aromatic ring is 1. The van der Waals surface area contributed by atoms with E-state index >= 15 is 0 Å². The first-order chi connectivity index (χ1) is 9.98. The Hall–Kier alpha value is -1.31. The lowest BCUT2D eigenvalue weighted by molar-refractivity contribution is 0.334. The van der Waals surface area contributed by atoms with Crippen LogP contribution < -0.4 is 10.6 Å². The van der Waals surface area contributed by atoms with Crippen molar-refractivity contribution >= 4 is 21.6 Å². The molecule has 0 spiro atoms. The predicted octanol–water partition coefficient (Wildman–Crippen LogP) is 0.977. The molecule has 1 aromatic carbocycles. The summed E-state index contributed by atoms with van der Waals surface area (Å²) >= 11 is 0. The minimum Gasteiger partial charge on any atom is -0.399 e. The van der Waals surface area contributed by atoms with Gasteiger partial charge < -0.3 is 10.6 Å². The Bertz CT molecular complexity index is 547. The maximum absolute atomic E-state index is 12.5. The van der Waals surface area contributed by atoms with Crippen molar-refractivity contribution in [1.29, 1.82) is 0 Å². The number of benzene rings is 1. The van der Waals surface area contributed by atoms with E-state index in [4.69, 9.17) is 5.73 Å². The molecule has 0 radical (unpaired) electrons. The first kappa shape index (κ1) is 16.1. The van der Waals surface area contributed by atoms with E-state index in [2.05, 4.69) is 4.90 Å². The Morgan fingerprint density at radius 1 is 1.05 bits per heavy atom. The number of hydrogen-bond acceptors (Lipinski definition) is 4. The summed E-state index contributed by atoms with van der Waals surface area (Å²) in [6.45, 7) is 7.19. The van der Waals surface area contributed by atoms with Crippen molar-refractivity contribution in [1.82, 2.24) is 8.61 Å². The molecule has 1 heterocycles. The highest BCUT2D eigenvalue weighted by atomic mass is 32.2. The monoisotopic (exact) mass is 312 g/mol. The number of piperazine rings is 1. The summed E-state index contributed by atoms with van der Waals surface area (Å²) in [4.78, 5) is 2.19. The lowest BCUT2D eigenvalue weighted by Crippen LogP contribution is -2.53. The van der Waals surface area contributed by atoms with E-state index in [-0.39, 0.29) is 0 Å². The number of rotatable bonds is 5. The zero-order valence-corrected chi connectivity index (χ0v) is 13.5. The predicted molar refractivity (Wildman–Crippen MR) is 86.5 cm³/mol. The summed E-state index contributed by atoms with van der Waals surface area (Å²) in [6.07, 6.45) is 0. The van der Waals surface area contributed by atoms with Crippen LogP contribution in [0.15, 0.2) is 24.3 Å². The van der Waals surface area contributed by atoms with E-state index in [1.807, 2.05) is 38.1 Å². The third-order valence-electron chi connectivity index (χ3n) is 3.85. The van der Waals surface area contributed by atoms with E-state index in [1.54, 1.807) is 4.31 Å². The average Bonchev–Trinajstić information content (AvgIpc) is 2.49. The van der Waals surface area contributed by atoms with Gasteiger partial charge in [-0.05, 0) is 24.3 Å². The molecule has 0 aliphatic carbocycles. The van der Waals surface area contributed by atoms with Gasteiger partial charge in [-0.3, -0.25) is 0 Å². The van der Waals surface area contributed by atoms with Crippen LogP contribution in [0.4, 0.5) is 11.4 Å². The smallest absolute Gasteiger partial charge is 0.282 e. The molecule has 118 valence electrons. The highest BCUT2D eigenvalue weighted by molar-refractivity contribution is 7.86. The Morgan fingerprint density at radius 2 is 1.57 bits per heavy atom. The minimum atomic E-state index is -3.32. The Morgan fingerprint density at radius 3 is 2.05 bits per heavy atom.